The number of halogens is 1. The number of rotatable bonds is 7. The minimum atomic E-state index is -3.84. The lowest BCUT2D eigenvalue weighted by Gasteiger charge is -2.21. The van der Waals surface area contributed by atoms with Gasteiger partial charge in [0.1, 0.15) is 0 Å². The van der Waals surface area contributed by atoms with Gasteiger partial charge in [-0.3, -0.25) is 0 Å². The first-order chi connectivity index (χ1) is 11.0. The van der Waals surface area contributed by atoms with Gasteiger partial charge in [0.25, 0.3) is 0 Å². The van der Waals surface area contributed by atoms with Crippen molar-refractivity contribution in [2.45, 2.75) is 11.4 Å². The summed E-state index contributed by atoms with van der Waals surface area (Å²) in [5, 5.41) is 0. The van der Waals surface area contributed by atoms with Crippen LogP contribution in [-0.4, -0.2) is 26.4 Å². The van der Waals surface area contributed by atoms with E-state index in [1.165, 1.54) is 29.6 Å². The highest BCUT2D eigenvalue weighted by molar-refractivity contribution is 7.89. The summed E-state index contributed by atoms with van der Waals surface area (Å²) in [7, 11) is -2.52. The van der Waals surface area contributed by atoms with Gasteiger partial charge in [0.05, 0.1) is 12.0 Å². The average molecular weight is 335 g/mol. The van der Waals surface area contributed by atoms with Gasteiger partial charge in [0, 0.05) is 13.1 Å². The molecular formula is C17H18FNO3S. The summed E-state index contributed by atoms with van der Waals surface area (Å²) in [6.07, 6.45) is 1.50. The number of ether oxygens (including phenoxy) is 1. The second-order valence-electron chi connectivity index (χ2n) is 4.87. The third-order valence-corrected chi connectivity index (χ3v) is 5.10. The Kier molecular flexibility index (Phi) is 5.52. The lowest BCUT2D eigenvalue weighted by Crippen LogP contribution is -2.30. The van der Waals surface area contributed by atoms with E-state index in [1.54, 1.807) is 0 Å². The van der Waals surface area contributed by atoms with Crippen LogP contribution in [0.25, 0.3) is 0 Å². The Bertz CT molecular complexity index is 776. The van der Waals surface area contributed by atoms with Gasteiger partial charge in [-0.25, -0.2) is 12.8 Å². The molecule has 23 heavy (non-hydrogen) atoms. The van der Waals surface area contributed by atoms with Crippen molar-refractivity contribution in [1.82, 2.24) is 4.31 Å². The van der Waals surface area contributed by atoms with Crippen LogP contribution in [0.4, 0.5) is 4.39 Å². The lowest BCUT2D eigenvalue weighted by molar-refractivity contribution is 0.385. The average Bonchev–Trinajstić information content (AvgIpc) is 2.55. The molecule has 0 saturated heterocycles. The van der Waals surface area contributed by atoms with Crippen LogP contribution in [0, 0.1) is 5.82 Å². The SMILES string of the molecule is C=CCN(Cc1ccccc1)S(=O)(=O)c1ccc(OC)c(F)c1. The van der Waals surface area contributed by atoms with E-state index < -0.39 is 15.8 Å². The van der Waals surface area contributed by atoms with E-state index >= 15 is 0 Å². The maximum atomic E-state index is 13.8. The molecule has 2 aromatic carbocycles. The molecule has 0 aliphatic heterocycles. The van der Waals surface area contributed by atoms with Crippen LogP contribution < -0.4 is 4.74 Å². The van der Waals surface area contributed by atoms with Gasteiger partial charge in [0.15, 0.2) is 11.6 Å². The fourth-order valence-corrected chi connectivity index (χ4v) is 3.55. The fraction of sp³-hybridized carbons (Fsp3) is 0.176. The third-order valence-electron chi connectivity index (χ3n) is 3.30. The summed E-state index contributed by atoms with van der Waals surface area (Å²) >= 11 is 0. The molecule has 0 aliphatic carbocycles. The van der Waals surface area contributed by atoms with Crippen LogP contribution in [-0.2, 0) is 16.6 Å². The Balaban J connectivity index is 2.36. The second-order valence-corrected chi connectivity index (χ2v) is 6.81. The molecular weight excluding hydrogens is 317 g/mol. The highest BCUT2D eigenvalue weighted by Crippen LogP contribution is 2.24. The summed E-state index contributed by atoms with van der Waals surface area (Å²) in [6.45, 7) is 3.91. The van der Waals surface area contributed by atoms with Crippen molar-refractivity contribution in [3.63, 3.8) is 0 Å². The lowest BCUT2D eigenvalue weighted by atomic mass is 10.2. The Hall–Kier alpha value is -2.18. The van der Waals surface area contributed by atoms with Gasteiger partial charge >= 0.3 is 0 Å². The van der Waals surface area contributed by atoms with Gasteiger partial charge < -0.3 is 4.74 Å². The van der Waals surface area contributed by atoms with E-state index in [2.05, 4.69) is 6.58 Å². The summed E-state index contributed by atoms with van der Waals surface area (Å²) in [6, 6.07) is 12.8. The molecule has 0 fully saturated rings. The van der Waals surface area contributed by atoms with Crippen molar-refractivity contribution in [3.8, 4) is 5.75 Å². The van der Waals surface area contributed by atoms with Gasteiger partial charge in [-0.15, -0.1) is 6.58 Å². The van der Waals surface area contributed by atoms with Gasteiger partial charge in [-0.2, -0.15) is 4.31 Å². The van der Waals surface area contributed by atoms with Crippen molar-refractivity contribution in [2.75, 3.05) is 13.7 Å². The van der Waals surface area contributed by atoms with Crippen molar-refractivity contribution in [1.29, 1.82) is 0 Å². The minimum Gasteiger partial charge on any atom is -0.494 e. The largest absolute Gasteiger partial charge is 0.494 e. The van der Waals surface area contributed by atoms with Gasteiger partial charge in [-0.1, -0.05) is 36.4 Å². The molecule has 0 aromatic heterocycles. The Morgan fingerprint density at radius 2 is 1.91 bits per heavy atom. The Morgan fingerprint density at radius 1 is 1.22 bits per heavy atom. The van der Waals surface area contributed by atoms with E-state index in [4.69, 9.17) is 4.74 Å². The molecule has 0 aliphatic rings. The van der Waals surface area contributed by atoms with E-state index in [-0.39, 0.29) is 23.7 Å². The van der Waals surface area contributed by atoms with E-state index in [0.717, 1.165) is 11.6 Å². The summed E-state index contributed by atoms with van der Waals surface area (Å²) in [4.78, 5) is -0.117. The van der Waals surface area contributed by atoms with Crippen molar-refractivity contribution >= 4 is 10.0 Å². The molecule has 0 atom stereocenters. The predicted octanol–water partition coefficient (Wildman–Crippen LogP) is 3.21. The number of benzene rings is 2. The molecule has 2 aromatic rings. The number of hydrogen-bond donors (Lipinski definition) is 0. The maximum absolute atomic E-state index is 13.8. The van der Waals surface area contributed by atoms with E-state index in [0.29, 0.717) is 0 Å². The van der Waals surface area contributed by atoms with E-state index in [9.17, 15) is 12.8 Å². The molecule has 6 heteroatoms. The van der Waals surface area contributed by atoms with Crippen LogP contribution in [0.1, 0.15) is 5.56 Å². The topological polar surface area (TPSA) is 46.6 Å². The molecule has 0 saturated carbocycles. The molecule has 0 spiro atoms. The molecule has 0 N–H and O–H groups in total. The highest BCUT2D eigenvalue weighted by atomic mass is 32.2. The first kappa shape index (κ1) is 17.2. The molecule has 0 heterocycles. The Labute approximate surface area is 135 Å². The van der Waals surface area contributed by atoms with Crippen molar-refractivity contribution in [2.24, 2.45) is 0 Å². The minimum absolute atomic E-state index is 0.00211. The van der Waals surface area contributed by atoms with E-state index in [1.807, 2.05) is 30.3 Å². The zero-order chi connectivity index (χ0) is 16.9. The van der Waals surface area contributed by atoms with Crippen LogP contribution in [0.3, 0.4) is 0 Å². The standard InChI is InChI=1S/C17H18FNO3S/c1-3-11-19(13-14-7-5-4-6-8-14)23(20,21)15-9-10-17(22-2)16(18)12-15/h3-10,12H,1,11,13H2,2H3. The molecule has 0 amide bonds. The fourth-order valence-electron chi connectivity index (χ4n) is 2.14. The first-order valence-corrected chi connectivity index (χ1v) is 8.41. The predicted molar refractivity (Wildman–Crippen MR) is 87.2 cm³/mol. The number of sulfonamides is 1. The summed E-state index contributed by atoms with van der Waals surface area (Å²) < 4.78 is 45.4. The molecule has 122 valence electrons. The second kappa shape index (κ2) is 7.39. The van der Waals surface area contributed by atoms with Gasteiger partial charge in [0.2, 0.25) is 10.0 Å². The zero-order valence-electron chi connectivity index (χ0n) is 12.8. The van der Waals surface area contributed by atoms with Gasteiger partial charge in [-0.05, 0) is 23.8 Å². The Morgan fingerprint density at radius 3 is 2.48 bits per heavy atom. The molecule has 2 rings (SSSR count). The van der Waals surface area contributed by atoms with Crippen LogP contribution in [0.2, 0.25) is 0 Å². The summed E-state index contributed by atoms with van der Waals surface area (Å²) in [5.74, 6) is -0.714. The smallest absolute Gasteiger partial charge is 0.243 e. The van der Waals surface area contributed by atoms with Crippen molar-refractivity contribution in [3.05, 3.63) is 72.6 Å². The first-order valence-electron chi connectivity index (χ1n) is 6.97. The van der Waals surface area contributed by atoms with Crippen LogP contribution in [0.15, 0.2) is 66.1 Å². The van der Waals surface area contributed by atoms with Crippen LogP contribution >= 0.6 is 0 Å². The number of hydrogen-bond acceptors (Lipinski definition) is 3. The number of nitrogens with zero attached hydrogens (tertiary/aromatic N) is 1. The highest BCUT2D eigenvalue weighted by Gasteiger charge is 2.24. The van der Waals surface area contributed by atoms with Crippen LogP contribution in [0.5, 0.6) is 5.75 Å². The maximum Gasteiger partial charge on any atom is 0.243 e. The normalized spacial score (nSPS) is 11.4. The quantitative estimate of drug-likeness (QED) is 0.730. The zero-order valence-corrected chi connectivity index (χ0v) is 13.6. The molecule has 0 radical (unpaired) electrons. The molecule has 0 unspecified atom stereocenters. The molecule has 4 nitrogen and oxygen atoms in total. The number of methoxy groups -OCH3 is 1. The molecule has 0 bridgehead atoms. The third kappa shape index (κ3) is 3.97. The summed E-state index contributed by atoms with van der Waals surface area (Å²) in [5.41, 5.74) is 0.840. The van der Waals surface area contributed by atoms with Crippen molar-refractivity contribution < 1.29 is 17.5 Å². The monoisotopic (exact) mass is 335 g/mol.